The van der Waals surface area contributed by atoms with Crippen molar-refractivity contribution in [1.82, 2.24) is 19.7 Å². The maximum Gasteiger partial charge on any atom is 0.319 e. The lowest BCUT2D eigenvalue weighted by molar-refractivity contribution is -0.142. The molecule has 1 atom stereocenters. The van der Waals surface area contributed by atoms with E-state index in [4.69, 9.17) is 4.74 Å². The second kappa shape index (κ2) is 7.69. The van der Waals surface area contributed by atoms with Gasteiger partial charge in [-0.15, -0.1) is 0 Å². The smallest absolute Gasteiger partial charge is 0.319 e. The Labute approximate surface area is 152 Å². The number of nitrogens with zero attached hydrogens (tertiary/aromatic N) is 3. The van der Waals surface area contributed by atoms with E-state index < -0.39 is 5.25 Å². The summed E-state index contributed by atoms with van der Waals surface area (Å²) in [6, 6.07) is 5.70. The monoisotopic (exact) mass is 376 g/mol. The summed E-state index contributed by atoms with van der Waals surface area (Å²) in [5.74, 6) is -0.720. The fraction of sp³-hybridized carbons (Fsp3) is 0.294. The number of nitrogens with one attached hydrogen (secondary N) is 1. The second-order valence-electron chi connectivity index (χ2n) is 5.41. The first kappa shape index (κ1) is 18.1. The van der Waals surface area contributed by atoms with E-state index in [0.29, 0.717) is 28.3 Å². The SMILES string of the molecule is CCOC(=O)[C@H](CC)Sc1nc2c(cnn2-c2ccc(F)cc2)c(=O)[nH]1. The molecule has 26 heavy (non-hydrogen) atoms. The molecule has 0 aliphatic heterocycles. The summed E-state index contributed by atoms with van der Waals surface area (Å²) in [6.07, 6.45) is 1.93. The number of hydrogen-bond acceptors (Lipinski definition) is 6. The lowest BCUT2D eigenvalue weighted by atomic mass is 10.3. The molecule has 0 bridgehead atoms. The van der Waals surface area contributed by atoms with E-state index in [1.807, 2.05) is 6.92 Å². The molecule has 0 saturated heterocycles. The number of esters is 1. The molecule has 3 aromatic rings. The van der Waals surface area contributed by atoms with Crippen LogP contribution < -0.4 is 5.56 Å². The molecule has 0 amide bonds. The normalized spacial score (nSPS) is 12.3. The minimum Gasteiger partial charge on any atom is -0.465 e. The predicted octanol–water partition coefficient (Wildman–Crippen LogP) is 2.68. The molecular formula is C17H17FN4O3S. The third-order valence-electron chi connectivity index (χ3n) is 3.66. The zero-order valence-electron chi connectivity index (χ0n) is 14.2. The fourth-order valence-corrected chi connectivity index (χ4v) is 3.28. The van der Waals surface area contributed by atoms with Crippen LogP contribution in [0.2, 0.25) is 0 Å². The summed E-state index contributed by atoms with van der Waals surface area (Å²) < 4.78 is 19.6. The van der Waals surface area contributed by atoms with Crippen molar-refractivity contribution in [2.24, 2.45) is 0 Å². The van der Waals surface area contributed by atoms with Gasteiger partial charge in [-0.1, -0.05) is 18.7 Å². The van der Waals surface area contributed by atoms with E-state index in [1.54, 1.807) is 19.1 Å². The van der Waals surface area contributed by atoms with Gasteiger partial charge < -0.3 is 9.72 Å². The number of rotatable bonds is 6. The van der Waals surface area contributed by atoms with Gasteiger partial charge in [0.1, 0.15) is 16.5 Å². The maximum absolute atomic E-state index is 13.1. The molecular weight excluding hydrogens is 359 g/mol. The minimum atomic E-state index is -0.474. The summed E-state index contributed by atoms with van der Waals surface area (Å²) in [4.78, 5) is 31.4. The third kappa shape index (κ3) is 3.62. The number of carbonyl (C=O) groups is 1. The number of fused-ring (bicyclic) bond motifs is 1. The highest BCUT2D eigenvalue weighted by Crippen LogP contribution is 2.24. The number of carbonyl (C=O) groups excluding carboxylic acids is 1. The highest BCUT2D eigenvalue weighted by molar-refractivity contribution is 8.00. The molecule has 0 spiro atoms. The van der Waals surface area contributed by atoms with Crippen molar-refractivity contribution in [1.29, 1.82) is 0 Å². The zero-order chi connectivity index (χ0) is 18.7. The van der Waals surface area contributed by atoms with Crippen LogP contribution in [0.4, 0.5) is 4.39 Å². The number of H-pyrrole nitrogens is 1. The molecule has 1 N–H and O–H groups in total. The van der Waals surface area contributed by atoms with Crippen LogP contribution in [0.15, 0.2) is 40.4 Å². The molecule has 2 aromatic heterocycles. The molecule has 0 aliphatic carbocycles. The Morgan fingerprint density at radius 2 is 2.08 bits per heavy atom. The summed E-state index contributed by atoms with van der Waals surface area (Å²) in [5, 5.41) is 4.30. The van der Waals surface area contributed by atoms with Gasteiger partial charge in [-0.05, 0) is 37.6 Å². The van der Waals surface area contributed by atoms with Crippen LogP contribution in [0, 0.1) is 5.82 Å². The Bertz CT molecular complexity index is 984. The maximum atomic E-state index is 13.1. The van der Waals surface area contributed by atoms with Crippen LogP contribution >= 0.6 is 11.8 Å². The van der Waals surface area contributed by atoms with Gasteiger partial charge in [-0.25, -0.2) is 14.1 Å². The molecule has 136 valence electrons. The topological polar surface area (TPSA) is 89.9 Å². The average Bonchev–Trinajstić information content (AvgIpc) is 3.05. The standard InChI is InChI=1S/C17H17FN4O3S/c1-3-13(16(24)25-4-2)26-17-20-14-12(15(23)21-17)9-19-22(14)11-7-5-10(18)6-8-11/h5-9,13H,3-4H2,1-2H3,(H,20,21,23)/t13-/m0/s1. The van der Waals surface area contributed by atoms with Crippen molar-refractivity contribution >= 4 is 28.8 Å². The largest absolute Gasteiger partial charge is 0.465 e. The molecule has 0 radical (unpaired) electrons. The Hall–Kier alpha value is -2.68. The second-order valence-corrected chi connectivity index (χ2v) is 6.60. The molecule has 0 saturated carbocycles. The minimum absolute atomic E-state index is 0.288. The Morgan fingerprint density at radius 3 is 2.73 bits per heavy atom. The van der Waals surface area contributed by atoms with Crippen LogP contribution in [0.1, 0.15) is 20.3 Å². The van der Waals surface area contributed by atoms with E-state index in [0.717, 1.165) is 11.8 Å². The Morgan fingerprint density at radius 1 is 1.35 bits per heavy atom. The van der Waals surface area contributed by atoms with Gasteiger partial charge in [0.25, 0.3) is 5.56 Å². The molecule has 3 rings (SSSR count). The molecule has 9 heteroatoms. The number of ether oxygens (including phenoxy) is 1. The summed E-state index contributed by atoms with van der Waals surface area (Å²) in [7, 11) is 0. The van der Waals surface area contributed by atoms with Crippen molar-refractivity contribution < 1.29 is 13.9 Å². The zero-order valence-corrected chi connectivity index (χ0v) is 15.0. The molecule has 2 heterocycles. The van der Waals surface area contributed by atoms with E-state index >= 15 is 0 Å². The van der Waals surface area contributed by atoms with Gasteiger partial charge in [0.15, 0.2) is 10.8 Å². The Balaban J connectivity index is 2.00. The van der Waals surface area contributed by atoms with Gasteiger partial charge in [0.2, 0.25) is 0 Å². The van der Waals surface area contributed by atoms with Crippen LogP contribution in [-0.4, -0.2) is 37.6 Å². The van der Waals surface area contributed by atoms with Crippen molar-refractivity contribution in [3.8, 4) is 5.69 Å². The number of benzene rings is 1. The van der Waals surface area contributed by atoms with Gasteiger partial charge in [-0.2, -0.15) is 5.10 Å². The number of halogens is 1. The number of thioether (sulfide) groups is 1. The first-order chi connectivity index (χ1) is 12.5. The lowest BCUT2D eigenvalue weighted by Gasteiger charge is -2.12. The number of hydrogen-bond donors (Lipinski definition) is 1. The Kier molecular flexibility index (Phi) is 5.36. The fourth-order valence-electron chi connectivity index (χ4n) is 2.39. The number of aromatic amines is 1. The first-order valence-electron chi connectivity index (χ1n) is 8.10. The molecule has 0 aliphatic rings. The van der Waals surface area contributed by atoms with Crippen LogP contribution in [-0.2, 0) is 9.53 Å². The van der Waals surface area contributed by atoms with Crippen LogP contribution in [0.5, 0.6) is 0 Å². The van der Waals surface area contributed by atoms with Crippen molar-refractivity contribution in [3.63, 3.8) is 0 Å². The van der Waals surface area contributed by atoms with E-state index in [-0.39, 0.29) is 24.0 Å². The molecule has 0 fully saturated rings. The van der Waals surface area contributed by atoms with Gasteiger partial charge >= 0.3 is 5.97 Å². The third-order valence-corrected chi connectivity index (χ3v) is 4.89. The number of aromatic nitrogens is 4. The van der Waals surface area contributed by atoms with Gasteiger partial charge in [-0.3, -0.25) is 9.59 Å². The highest BCUT2D eigenvalue weighted by atomic mass is 32.2. The van der Waals surface area contributed by atoms with E-state index in [1.165, 1.54) is 23.0 Å². The van der Waals surface area contributed by atoms with E-state index in [9.17, 15) is 14.0 Å². The predicted molar refractivity (Wildman–Crippen MR) is 96.0 cm³/mol. The van der Waals surface area contributed by atoms with Crippen molar-refractivity contribution in [3.05, 3.63) is 46.6 Å². The molecule has 0 unspecified atom stereocenters. The van der Waals surface area contributed by atoms with Crippen LogP contribution in [0.25, 0.3) is 16.7 Å². The first-order valence-corrected chi connectivity index (χ1v) is 8.98. The van der Waals surface area contributed by atoms with Crippen LogP contribution in [0.3, 0.4) is 0 Å². The van der Waals surface area contributed by atoms with Gasteiger partial charge in [0.05, 0.1) is 18.5 Å². The van der Waals surface area contributed by atoms with Gasteiger partial charge in [0, 0.05) is 0 Å². The lowest BCUT2D eigenvalue weighted by Crippen LogP contribution is -2.20. The average molecular weight is 376 g/mol. The van der Waals surface area contributed by atoms with Crippen molar-refractivity contribution in [2.75, 3.05) is 6.61 Å². The summed E-state index contributed by atoms with van der Waals surface area (Å²) >= 11 is 1.13. The van der Waals surface area contributed by atoms with E-state index in [2.05, 4.69) is 15.1 Å². The quantitative estimate of drug-likeness (QED) is 0.404. The molecule has 7 nitrogen and oxygen atoms in total. The van der Waals surface area contributed by atoms with Crippen molar-refractivity contribution in [2.45, 2.75) is 30.7 Å². The molecule has 1 aromatic carbocycles. The summed E-state index contributed by atoms with van der Waals surface area (Å²) in [5.41, 5.74) is 0.555. The summed E-state index contributed by atoms with van der Waals surface area (Å²) in [6.45, 7) is 3.88. The highest BCUT2D eigenvalue weighted by Gasteiger charge is 2.21.